The second kappa shape index (κ2) is 14.9. The third kappa shape index (κ3) is 6.85. The largest absolute Gasteiger partial charge is 0.508 e. The second-order valence-corrected chi connectivity index (χ2v) is 20.0. The lowest BCUT2D eigenvalue weighted by atomic mass is 9.69. The zero-order chi connectivity index (χ0) is 38.2. The van der Waals surface area contributed by atoms with E-state index in [9.17, 15) is 24.8 Å². The molecule has 7 rings (SSSR count). The summed E-state index contributed by atoms with van der Waals surface area (Å²) in [6.45, 7) is 9.33. The van der Waals surface area contributed by atoms with Gasteiger partial charge in [-0.25, -0.2) is 4.90 Å². The maximum absolute atomic E-state index is 14.3. The number of hydrogen-bond donors (Lipinski definition) is 1. The first-order chi connectivity index (χ1) is 25.9. The molecule has 0 radical (unpaired) electrons. The summed E-state index contributed by atoms with van der Waals surface area (Å²) in [6.07, 6.45) is 3.50. The molecule has 2 fully saturated rings. The van der Waals surface area contributed by atoms with Gasteiger partial charge in [-0.3, -0.25) is 19.7 Å². The van der Waals surface area contributed by atoms with Crippen LogP contribution >= 0.6 is 0 Å². The number of benzene rings is 4. The number of aromatic hydroxyl groups is 1. The molecule has 2 aliphatic heterocycles. The highest BCUT2D eigenvalue weighted by Crippen LogP contribution is 2.51. The number of amides is 2. The van der Waals surface area contributed by atoms with Crippen LogP contribution in [-0.2, 0) is 18.8 Å². The second-order valence-electron chi connectivity index (χ2n) is 15.7. The summed E-state index contributed by atoms with van der Waals surface area (Å²) in [6, 6.07) is 33.7. The number of fused-ring (bicyclic) bond motifs is 3. The molecule has 2 saturated heterocycles. The van der Waals surface area contributed by atoms with Crippen molar-refractivity contribution in [3.8, 4) is 5.75 Å². The number of phenolic OH excluding ortho intramolecular Hbond substituents is 1. The van der Waals surface area contributed by atoms with Crippen LogP contribution in [0.25, 0.3) is 6.08 Å². The van der Waals surface area contributed by atoms with Gasteiger partial charge >= 0.3 is 0 Å². The van der Waals surface area contributed by atoms with Crippen molar-refractivity contribution >= 4 is 48.0 Å². The van der Waals surface area contributed by atoms with Crippen molar-refractivity contribution < 1.29 is 28.8 Å². The first kappa shape index (κ1) is 37.2. The predicted octanol–water partition coefficient (Wildman–Crippen LogP) is 7.58. The van der Waals surface area contributed by atoms with E-state index in [4.69, 9.17) is 9.16 Å². The number of nitrogens with zero attached hydrogens (tertiary/aromatic N) is 2. The fourth-order valence-corrected chi connectivity index (χ4v) is 13.4. The Hall–Kier alpha value is -5.16. The van der Waals surface area contributed by atoms with Gasteiger partial charge in [0.1, 0.15) is 5.75 Å². The van der Waals surface area contributed by atoms with Gasteiger partial charge in [0.25, 0.3) is 14.0 Å². The van der Waals surface area contributed by atoms with Crippen molar-refractivity contribution in [1.82, 2.24) is 0 Å². The third-order valence-electron chi connectivity index (χ3n) is 11.3. The summed E-state index contributed by atoms with van der Waals surface area (Å²) in [7, 11) is -2.96. The van der Waals surface area contributed by atoms with Gasteiger partial charge < -0.3 is 14.3 Å². The van der Waals surface area contributed by atoms with Gasteiger partial charge in [-0.1, -0.05) is 111 Å². The lowest BCUT2D eigenvalue weighted by Crippen LogP contribution is -2.66. The monoisotopic (exact) mass is 742 g/mol. The van der Waals surface area contributed by atoms with Crippen molar-refractivity contribution in [3.05, 3.63) is 142 Å². The van der Waals surface area contributed by atoms with E-state index in [-0.39, 0.29) is 52.6 Å². The number of carbonyl (C=O) groups excluding carboxylic acids is 2. The van der Waals surface area contributed by atoms with Gasteiger partial charge in [0, 0.05) is 18.1 Å². The maximum atomic E-state index is 14.3. The van der Waals surface area contributed by atoms with Gasteiger partial charge in [-0.2, -0.15) is 0 Å². The Bertz CT molecular complexity index is 2090. The minimum Gasteiger partial charge on any atom is -0.508 e. The molecule has 278 valence electrons. The highest BCUT2D eigenvalue weighted by atomic mass is 28.4. The molecule has 0 aromatic heterocycles. The number of hydrogen-bond acceptors (Lipinski definition) is 7. The molecule has 54 heavy (non-hydrogen) atoms. The molecule has 3 aliphatic rings. The van der Waals surface area contributed by atoms with Crippen LogP contribution in [-0.4, -0.2) is 49.5 Å². The van der Waals surface area contributed by atoms with Crippen molar-refractivity contribution in [1.29, 1.82) is 0 Å². The van der Waals surface area contributed by atoms with E-state index in [2.05, 4.69) is 82.3 Å². The van der Waals surface area contributed by atoms with Crippen LogP contribution in [0.15, 0.2) is 126 Å². The van der Waals surface area contributed by atoms with Gasteiger partial charge in [-0.15, -0.1) is 0 Å². The maximum Gasteiger partial charge on any atom is 0.271 e. The van der Waals surface area contributed by atoms with E-state index < -0.39 is 25.1 Å². The standard InChI is InChI=1S/C44H46N2O7Si/c1-29(23-30-13-11-16-34(47)24-30)21-22-39-40-31(27-53-54(44(2,3)4,35-17-7-5-8-18-35)36-19-9-6-10-20-36)25-37-41(38(40)28-52-39)43(49)45(42(37)48)32-14-12-15-33(26-32)46(50)51/h5-20,23-24,26,37-39,41,47H,21-22,25,27-28H2,1-4H3/b29-23+/t37-,38+,39-,41-/m1/s1. The Morgan fingerprint density at radius 1 is 0.926 bits per heavy atom. The number of anilines is 1. The van der Waals surface area contributed by atoms with Crippen LogP contribution in [0.1, 0.15) is 52.5 Å². The smallest absolute Gasteiger partial charge is 0.271 e. The van der Waals surface area contributed by atoms with Gasteiger partial charge in [-0.05, 0) is 76.5 Å². The quantitative estimate of drug-likeness (QED) is 0.0553. The number of non-ortho nitro benzene ring substituents is 1. The zero-order valence-corrected chi connectivity index (χ0v) is 32.1. The van der Waals surface area contributed by atoms with E-state index >= 15 is 0 Å². The molecule has 4 aromatic carbocycles. The summed E-state index contributed by atoms with van der Waals surface area (Å²) in [4.78, 5) is 40.9. The van der Waals surface area contributed by atoms with E-state index in [1.165, 1.54) is 18.2 Å². The predicted molar refractivity (Wildman–Crippen MR) is 212 cm³/mol. The number of rotatable bonds is 11. The number of nitro groups is 1. The molecular formula is C44H46N2O7Si. The summed E-state index contributed by atoms with van der Waals surface area (Å²) >= 11 is 0. The van der Waals surface area contributed by atoms with Crippen LogP contribution in [0, 0.1) is 27.9 Å². The Balaban J connectivity index is 1.27. The Kier molecular flexibility index (Phi) is 10.3. The normalized spacial score (nSPS) is 21.7. The molecule has 1 aliphatic carbocycles. The molecule has 0 saturated carbocycles. The van der Waals surface area contributed by atoms with E-state index in [0.717, 1.165) is 44.0 Å². The molecule has 9 nitrogen and oxygen atoms in total. The number of carbonyl (C=O) groups is 2. The number of imide groups is 1. The highest BCUT2D eigenvalue weighted by Gasteiger charge is 2.58. The van der Waals surface area contributed by atoms with Crippen molar-refractivity contribution in [3.63, 3.8) is 0 Å². The Morgan fingerprint density at radius 2 is 1.59 bits per heavy atom. The minimum atomic E-state index is -2.96. The number of phenols is 1. The van der Waals surface area contributed by atoms with Crippen LogP contribution in [0.4, 0.5) is 11.4 Å². The van der Waals surface area contributed by atoms with Crippen LogP contribution in [0.3, 0.4) is 0 Å². The SMILES string of the molecule is C/C(=C\c1cccc(O)c1)CC[C@H]1OC[C@H]2C1=C(CO[Si](c1ccccc1)(c1ccccc1)C(C)(C)C)C[C@H]1C(=O)N(c3cccc([N+](=O)[O-])c3)C(=O)[C@H]12. The third-order valence-corrected chi connectivity index (χ3v) is 16.3. The average molecular weight is 743 g/mol. The summed E-state index contributed by atoms with van der Waals surface area (Å²) in [5.74, 6) is -2.09. The van der Waals surface area contributed by atoms with E-state index in [1.54, 1.807) is 18.2 Å². The molecule has 0 bridgehead atoms. The van der Waals surface area contributed by atoms with Crippen LogP contribution < -0.4 is 15.3 Å². The van der Waals surface area contributed by atoms with E-state index in [1.807, 2.05) is 24.3 Å². The molecule has 0 unspecified atom stereocenters. The molecular weight excluding hydrogens is 697 g/mol. The molecule has 2 amide bonds. The molecule has 10 heteroatoms. The Labute approximate surface area is 317 Å². The fraction of sp³-hybridized carbons (Fsp3) is 0.318. The lowest BCUT2D eigenvalue weighted by molar-refractivity contribution is -0.384. The minimum absolute atomic E-state index is 0.181. The fourth-order valence-electron chi connectivity index (χ4n) is 8.89. The number of nitro benzene ring substituents is 1. The Morgan fingerprint density at radius 3 is 2.22 bits per heavy atom. The first-order valence-corrected chi connectivity index (χ1v) is 20.5. The van der Waals surface area contributed by atoms with Gasteiger partial charge in [0.2, 0.25) is 11.8 Å². The molecule has 4 aromatic rings. The molecule has 1 N–H and O–H groups in total. The number of ether oxygens (including phenoxy) is 1. The lowest BCUT2D eigenvalue weighted by Gasteiger charge is -2.44. The molecule has 2 heterocycles. The van der Waals surface area contributed by atoms with E-state index in [0.29, 0.717) is 19.4 Å². The first-order valence-electron chi connectivity index (χ1n) is 18.6. The topological polar surface area (TPSA) is 119 Å². The van der Waals surface area contributed by atoms with Crippen molar-refractivity contribution in [2.45, 2.75) is 58.1 Å². The summed E-state index contributed by atoms with van der Waals surface area (Å²) in [5, 5.41) is 23.6. The van der Waals surface area contributed by atoms with Gasteiger partial charge in [0.15, 0.2) is 0 Å². The van der Waals surface area contributed by atoms with Crippen LogP contribution in [0.2, 0.25) is 5.04 Å². The van der Waals surface area contributed by atoms with Gasteiger partial charge in [0.05, 0.1) is 41.8 Å². The van der Waals surface area contributed by atoms with Crippen molar-refractivity contribution in [2.24, 2.45) is 17.8 Å². The zero-order valence-electron chi connectivity index (χ0n) is 31.1. The average Bonchev–Trinajstić information content (AvgIpc) is 3.69. The number of allylic oxidation sites excluding steroid dienone is 1. The van der Waals surface area contributed by atoms with Crippen molar-refractivity contribution in [2.75, 3.05) is 18.1 Å². The molecule has 4 atom stereocenters. The summed E-state index contributed by atoms with van der Waals surface area (Å²) < 4.78 is 14.0. The summed E-state index contributed by atoms with van der Waals surface area (Å²) in [5.41, 5.74) is 4.10. The molecule has 0 spiro atoms. The van der Waals surface area contributed by atoms with Crippen LogP contribution in [0.5, 0.6) is 5.75 Å². The highest BCUT2D eigenvalue weighted by molar-refractivity contribution is 6.99.